The van der Waals surface area contributed by atoms with Gasteiger partial charge in [-0.05, 0) is 18.4 Å². The summed E-state index contributed by atoms with van der Waals surface area (Å²) in [5.41, 5.74) is 0.994. The van der Waals surface area contributed by atoms with E-state index in [1.807, 2.05) is 24.5 Å². The smallest absolute Gasteiger partial charge is 0.132 e. The van der Waals surface area contributed by atoms with Crippen molar-refractivity contribution in [2.75, 3.05) is 27.5 Å². The molecule has 0 saturated carbocycles. The standard InChI is InChI=1S/C11H15NO2S/c1-12-11(15-4)9-6-5-8(13-2)7-10(9)14-3/h5-7H,1-4H3. The molecular weight excluding hydrogens is 210 g/mol. The highest BCUT2D eigenvalue weighted by Gasteiger charge is 2.09. The van der Waals surface area contributed by atoms with Crippen molar-refractivity contribution in [1.29, 1.82) is 0 Å². The molecule has 0 aromatic heterocycles. The Morgan fingerprint density at radius 2 is 2.00 bits per heavy atom. The number of methoxy groups -OCH3 is 2. The first kappa shape index (κ1) is 11.9. The van der Waals surface area contributed by atoms with E-state index in [0.717, 1.165) is 22.1 Å². The molecule has 1 aromatic rings. The highest BCUT2D eigenvalue weighted by molar-refractivity contribution is 8.13. The molecule has 0 fully saturated rings. The minimum atomic E-state index is 0.782. The van der Waals surface area contributed by atoms with E-state index in [1.54, 1.807) is 33.0 Å². The Hall–Kier alpha value is -1.16. The van der Waals surface area contributed by atoms with Gasteiger partial charge in [-0.25, -0.2) is 0 Å². The molecule has 15 heavy (non-hydrogen) atoms. The Labute approximate surface area is 94.5 Å². The molecule has 82 valence electrons. The van der Waals surface area contributed by atoms with Crippen molar-refractivity contribution in [2.24, 2.45) is 4.99 Å². The Kier molecular flexibility index (Phi) is 4.49. The zero-order valence-corrected chi connectivity index (χ0v) is 10.2. The molecule has 0 unspecified atom stereocenters. The molecule has 0 aliphatic rings. The van der Waals surface area contributed by atoms with E-state index < -0.39 is 0 Å². The molecule has 0 saturated heterocycles. The highest BCUT2D eigenvalue weighted by Crippen LogP contribution is 2.27. The predicted octanol–water partition coefficient (Wildman–Crippen LogP) is 2.44. The van der Waals surface area contributed by atoms with Crippen LogP contribution in [0.1, 0.15) is 5.56 Å². The fourth-order valence-electron chi connectivity index (χ4n) is 1.30. The number of benzene rings is 1. The Bertz CT molecular complexity index is 364. The lowest BCUT2D eigenvalue weighted by Gasteiger charge is -2.10. The Balaban J connectivity index is 3.18. The number of hydrogen-bond acceptors (Lipinski definition) is 4. The van der Waals surface area contributed by atoms with Crippen LogP contribution in [0, 0.1) is 0 Å². The van der Waals surface area contributed by atoms with Crippen molar-refractivity contribution in [2.45, 2.75) is 0 Å². The lowest BCUT2D eigenvalue weighted by atomic mass is 10.2. The van der Waals surface area contributed by atoms with Gasteiger partial charge in [-0.15, -0.1) is 11.8 Å². The minimum Gasteiger partial charge on any atom is -0.497 e. The van der Waals surface area contributed by atoms with Crippen molar-refractivity contribution in [1.82, 2.24) is 0 Å². The molecule has 0 N–H and O–H groups in total. The molecule has 0 spiro atoms. The molecule has 0 aliphatic carbocycles. The SMILES string of the molecule is CN=C(SC)c1ccc(OC)cc1OC. The first-order valence-electron chi connectivity index (χ1n) is 4.50. The number of thioether (sulfide) groups is 1. The average Bonchev–Trinajstić information content (AvgIpc) is 2.31. The summed E-state index contributed by atoms with van der Waals surface area (Å²) in [6, 6.07) is 5.71. The fraction of sp³-hybridized carbons (Fsp3) is 0.364. The van der Waals surface area contributed by atoms with Gasteiger partial charge < -0.3 is 9.47 Å². The van der Waals surface area contributed by atoms with Gasteiger partial charge >= 0.3 is 0 Å². The maximum absolute atomic E-state index is 5.30. The van der Waals surface area contributed by atoms with Crippen molar-refractivity contribution in [3.8, 4) is 11.5 Å². The number of hydrogen-bond donors (Lipinski definition) is 0. The van der Waals surface area contributed by atoms with Gasteiger partial charge in [0.25, 0.3) is 0 Å². The van der Waals surface area contributed by atoms with Crippen LogP contribution in [0.2, 0.25) is 0 Å². The summed E-state index contributed by atoms with van der Waals surface area (Å²) < 4.78 is 10.4. The van der Waals surface area contributed by atoms with Crippen LogP contribution in [0.25, 0.3) is 0 Å². The molecular formula is C11H15NO2S. The first-order valence-corrected chi connectivity index (χ1v) is 5.72. The van der Waals surface area contributed by atoms with E-state index in [2.05, 4.69) is 4.99 Å². The van der Waals surface area contributed by atoms with Crippen LogP contribution in [0.4, 0.5) is 0 Å². The average molecular weight is 225 g/mol. The first-order chi connectivity index (χ1) is 7.26. The van der Waals surface area contributed by atoms with E-state index in [0.29, 0.717) is 0 Å². The highest BCUT2D eigenvalue weighted by atomic mass is 32.2. The number of ether oxygens (including phenoxy) is 2. The summed E-state index contributed by atoms with van der Waals surface area (Å²) in [4.78, 5) is 4.20. The van der Waals surface area contributed by atoms with E-state index in [9.17, 15) is 0 Å². The van der Waals surface area contributed by atoms with E-state index in [-0.39, 0.29) is 0 Å². The number of nitrogens with zero attached hydrogens (tertiary/aromatic N) is 1. The van der Waals surface area contributed by atoms with Crippen molar-refractivity contribution in [3.63, 3.8) is 0 Å². The van der Waals surface area contributed by atoms with Gasteiger partial charge in [0.2, 0.25) is 0 Å². The third kappa shape index (κ3) is 2.65. The van der Waals surface area contributed by atoms with Gasteiger partial charge in [0.1, 0.15) is 16.5 Å². The van der Waals surface area contributed by atoms with Gasteiger partial charge in [-0.3, -0.25) is 4.99 Å². The molecule has 0 atom stereocenters. The van der Waals surface area contributed by atoms with Crippen molar-refractivity contribution >= 4 is 16.8 Å². The molecule has 1 rings (SSSR count). The molecule has 0 radical (unpaired) electrons. The minimum absolute atomic E-state index is 0.782. The van der Waals surface area contributed by atoms with Crippen LogP contribution in [-0.4, -0.2) is 32.6 Å². The number of rotatable bonds is 3. The van der Waals surface area contributed by atoms with Gasteiger partial charge in [-0.2, -0.15) is 0 Å². The third-order valence-corrected chi connectivity index (χ3v) is 2.82. The Morgan fingerprint density at radius 1 is 1.27 bits per heavy atom. The van der Waals surface area contributed by atoms with Gasteiger partial charge in [0.15, 0.2) is 0 Å². The molecule has 1 aromatic carbocycles. The summed E-state index contributed by atoms with van der Waals surface area (Å²) >= 11 is 1.60. The van der Waals surface area contributed by atoms with Gasteiger partial charge in [-0.1, -0.05) is 0 Å². The van der Waals surface area contributed by atoms with Crippen LogP contribution in [0.3, 0.4) is 0 Å². The van der Waals surface area contributed by atoms with Gasteiger partial charge in [0.05, 0.1) is 14.2 Å². The van der Waals surface area contributed by atoms with Crippen molar-refractivity contribution in [3.05, 3.63) is 23.8 Å². The van der Waals surface area contributed by atoms with Crippen LogP contribution in [0.5, 0.6) is 11.5 Å². The molecule has 0 amide bonds. The summed E-state index contributed by atoms with van der Waals surface area (Å²) in [5, 5.41) is 0.953. The second-order valence-corrected chi connectivity index (χ2v) is 3.59. The largest absolute Gasteiger partial charge is 0.497 e. The monoisotopic (exact) mass is 225 g/mol. The zero-order chi connectivity index (χ0) is 11.3. The maximum Gasteiger partial charge on any atom is 0.132 e. The number of aliphatic imine (C=N–C) groups is 1. The maximum atomic E-state index is 5.30. The van der Waals surface area contributed by atoms with Crippen LogP contribution in [-0.2, 0) is 0 Å². The third-order valence-electron chi connectivity index (χ3n) is 2.04. The van der Waals surface area contributed by atoms with Crippen molar-refractivity contribution < 1.29 is 9.47 Å². The Morgan fingerprint density at radius 3 is 2.47 bits per heavy atom. The predicted molar refractivity (Wildman–Crippen MR) is 65.5 cm³/mol. The quantitative estimate of drug-likeness (QED) is 0.585. The van der Waals surface area contributed by atoms with E-state index in [1.165, 1.54) is 0 Å². The second kappa shape index (κ2) is 5.66. The van der Waals surface area contributed by atoms with E-state index >= 15 is 0 Å². The normalized spacial score (nSPS) is 11.3. The fourth-order valence-corrected chi connectivity index (χ4v) is 1.87. The van der Waals surface area contributed by atoms with Crippen LogP contribution >= 0.6 is 11.8 Å². The molecule has 3 nitrogen and oxygen atoms in total. The summed E-state index contributed by atoms with van der Waals surface area (Å²) in [7, 11) is 5.05. The van der Waals surface area contributed by atoms with Crippen LogP contribution in [0.15, 0.2) is 23.2 Å². The molecule has 0 heterocycles. The lowest BCUT2D eigenvalue weighted by Crippen LogP contribution is -1.99. The molecule has 0 bridgehead atoms. The summed E-state index contributed by atoms with van der Waals surface area (Å²) in [6.07, 6.45) is 1.99. The molecule has 0 aliphatic heterocycles. The lowest BCUT2D eigenvalue weighted by molar-refractivity contribution is 0.394. The second-order valence-electron chi connectivity index (χ2n) is 2.80. The zero-order valence-electron chi connectivity index (χ0n) is 9.40. The topological polar surface area (TPSA) is 30.8 Å². The summed E-state index contributed by atoms with van der Waals surface area (Å²) in [5.74, 6) is 1.57. The van der Waals surface area contributed by atoms with E-state index in [4.69, 9.17) is 9.47 Å². The van der Waals surface area contributed by atoms with Gasteiger partial charge in [0, 0.05) is 18.7 Å². The van der Waals surface area contributed by atoms with Crippen LogP contribution < -0.4 is 9.47 Å². The summed E-state index contributed by atoms with van der Waals surface area (Å²) in [6.45, 7) is 0. The molecule has 4 heteroatoms.